The highest BCUT2D eigenvalue weighted by atomic mass is 32.3. The molecule has 0 radical (unpaired) electrons. The molecule has 0 spiro atoms. The van der Waals surface area contributed by atoms with Gasteiger partial charge < -0.3 is 25.7 Å². The van der Waals surface area contributed by atoms with E-state index in [0.717, 1.165) is 4.90 Å². The number of hydrogen-bond acceptors (Lipinski definition) is 10. The molecule has 14 nitrogen and oxygen atoms in total. The Morgan fingerprint density at radius 1 is 1.54 bits per heavy atom. The van der Waals surface area contributed by atoms with Gasteiger partial charge >= 0.3 is 23.5 Å². The summed E-state index contributed by atoms with van der Waals surface area (Å²) < 4.78 is 33.6. The van der Waals surface area contributed by atoms with Crippen molar-refractivity contribution in [2.45, 2.75) is 25.3 Å². The number of amides is 3. The number of nitrogens with one attached hydrogen (secondary N) is 1. The van der Waals surface area contributed by atoms with E-state index in [1.54, 1.807) is 0 Å². The number of carbonyl (C=O) groups is 2. The standard InChI is InChI=1S/C10H18BN5O9S/c1-11(19)13-2-3-23-14-6-4-7(9(12)17)15-5-8(6)16(10(15)18)24-25-26(20,21)22/h7-8,13,19H,2-5H2,1H3,(H2,12,17)(H,20,21,22)/b14-6-/t7-,8-/m0/s1. The maximum Gasteiger partial charge on any atom is 0.425 e. The molecule has 0 saturated carbocycles. The number of hydroxylamine groups is 2. The van der Waals surface area contributed by atoms with Gasteiger partial charge in [-0.3, -0.25) is 9.35 Å². The van der Waals surface area contributed by atoms with Crippen molar-refractivity contribution in [1.29, 1.82) is 0 Å². The average molecular weight is 395 g/mol. The van der Waals surface area contributed by atoms with Crippen LogP contribution in [0.5, 0.6) is 0 Å². The minimum Gasteiger partial charge on any atom is -0.437 e. The van der Waals surface area contributed by atoms with E-state index in [0.29, 0.717) is 5.06 Å². The molecule has 0 unspecified atom stereocenters. The molecule has 0 aliphatic carbocycles. The smallest absolute Gasteiger partial charge is 0.425 e. The number of rotatable bonds is 9. The lowest BCUT2D eigenvalue weighted by atomic mass is 9.89. The molecular weight excluding hydrogens is 377 g/mol. The molecule has 16 heteroatoms. The van der Waals surface area contributed by atoms with Gasteiger partial charge in [0.15, 0.2) is 0 Å². The molecule has 26 heavy (non-hydrogen) atoms. The van der Waals surface area contributed by atoms with Gasteiger partial charge in [-0.05, 0) is 6.82 Å². The van der Waals surface area contributed by atoms with E-state index in [4.69, 9.17) is 20.1 Å². The average Bonchev–Trinajstić information content (AvgIpc) is 2.79. The fraction of sp³-hybridized carbons (Fsp3) is 0.700. The molecule has 2 aliphatic heterocycles. The van der Waals surface area contributed by atoms with Crippen molar-refractivity contribution in [3.8, 4) is 0 Å². The van der Waals surface area contributed by atoms with Crippen molar-refractivity contribution < 1.29 is 41.7 Å². The second-order valence-electron chi connectivity index (χ2n) is 5.52. The highest BCUT2D eigenvalue weighted by molar-refractivity contribution is 7.80. The van der Waals surface area contributed by atoms with Crippen molar-refractivity contribution in [2.24, 2.45) is 10.9 Å². The summed E-state index contributed by atoms with van der Waals surface area (Å²) in [4.78, 5) is 34.3. The summed E-state index contributed by atoms with van der Waals surface area (Å²) in [5, 5.41) is 16.1. The van der Waals surface area contributed by atoms with Crippen LogP contribution in [-0.2, 0) is 29.4 Å². The first-order valence-corrected chi connectivity index (χ1v) is 8.79. The predicted octanol–water partition coefficient (Wildman–Crippen LogP) is -2.91. The molecule has 2 saturated heterocycles. The third-order valence-electron chi connectivity index (χ3n) is 3.59. The number of piperidine rings is 1. The van der Waals surface area contributed by atoms with Gasteiger partial charge in [-0.1, -0.05) is 14.5 Å². The molecule has 0 aromatic heterocycles. The quantitative estimate of drug-likeness (QED) is 0.103. The van der Waals surface area contributed by atoms with Gasteiger partial charge in [-0.2, -0.15) is 13.5 Å². The van der Waals surface area contributed by atoms with E-state index in [9.17, 15) is 18.0 Å². The van der Waals surface area contributed by atoms with Crippen LogP contribution >= 0.6 is 0 Å². The number of urea groups is 1. The molecule has 2 fully saturated rings. The van der Waals surface area contributed by atoms with E-state index in [-0.39, 0.29) is 31.8 Å². The van der Waals surface area contributed by atoms with E-state index in [1.165, 1.54) is 6.82 Å². The summed E-state index contributed by atoms with van der Waals surface area (Å²) in [5.74, 6) is -0.794. The molecule has 3 amide bonds. The van der Waals surface area contributed by atoms with Gasteiger partial charge in [-0.25, -0.2) is 4.79 Å². The molecule has 5 N–H and O–H groups in total. The van der Waals surface area contributed by atoms with E-state index in [2.05, 4.69) is 19.7 Å². The highest BCUT2D eigenvalue weighted by Crippen LogP contribution is 2.29. The molecular formula is C10H18BN5O9S. The largest absolute Gasteiger partial charge is 0.437 e. The summed E-state index contributed by atoms with van der Waals surface area (Å²) in [5.41, 5.74) is 5.47. The Labute approximate surface area is 148 Å². The van der Waals surface area contributed by atoms with Crippen LogP contribution in [-0.4, -0.2) is 84.4 Å². The van der Waals surface area contributed by atoms with Crippen LogP contribution in [0.4, 0.5) is 4.79 Å². The highest BCUT2D eigenvalue weighted by Gasteiger charge is 2.52. The second-order valence-corrected chi connectivity index (χ2v) is 6.51. The van der Waals surface area contributed by atoms with Crippen LogP contribution in [0.3, 0.4) is 0 Å². The third-order valence-corrected chi connectivity index (χ3v) is 3.82. The fourth-order valence-electron chi connectivity index (χ4n) is 2.49. The van der Waals surface area contributed by atoms with E-state index in [1.807, 2.05) is 0 Å². The van der Waals surface area contributed by atoms with Crippen molar-refractivity contribution >= 4 is 35.1 Å². The maximum atomic E-state index is 12.2. The molecule has 2 heterocycles. The van der Waals surface area contributed by atoms with Crippen molar-refractivity contribution in [3.63, 3.8) is 0 Å². The zero-order valence-corrected chi connectivity index (χ0v) is 14.5. The van der Waals surface area contributed by atoms with Gasteiger partial charge in [0.1, 0.15) is 18.7 Å². The summed E-state index contributed by atoms with van der Waals surface area (Å²) in [6.07, 6.45) is -0.0543. The summed E-state index contributed by atoms with van der Waals surface area (Å²) in [7, 11) is -5.71. The first kappa shape index (κ1) is 20.3. The zero-order chi connectivity index (χ0) is 19.5. The number of fused-ring (bicyclic) bond motifs is 2. The molecule has 0 aromatic rings. The fourth-order valence-corrected chi connectivity index (χ4v) is 2.64. The first-order chi connectivity index (χ1) is 12.1. The normalized spacial score (nSPS) is 24.3. The lowest BCUT2D eigenvalue weighted by molar-refractivity contribution is -0.344. The zero-order valence-electron chi connectivity index (χ0n) is 13.6. The van der Waals surface area contributed by atoms with Crippen LogP contribution in [0.15, 0.2) is 5.16 Å². The van der Waals surface area contributed by atoms with Crippen LogP contribution in [0.25, 0.3) is 0 Å². The first-order valence-electron chi connectivity index (χ1n) is 7.43. The Hall–Kier alpha value is -1.98. The van der Waals surface area contributed by atoms with E-state index >= 15 is 0 Å². The van der Waals surface area contributed by atoms with Crippen LogP contribution in [0, 0.1) is 0 Å². The van der Waals surface area contributed by atoms with Crippen molar-refractivity contribution in [3.05, 3.63) is 0 Å². The lowest BCUT2D eigenvalue weighted by Gasteiger charge is -2.28. The molecule has 2 rings (SSSR count). The maximum absolute atomic E-state index is 12.2. The van der Waals surface area contributed by atoms with Gasteiger partial charge in [0.25, 0.3) is 0 Å². The topological polar surface area (TPSA) is 193 Å². The molecule has 0 aromatic carbocycles. The van der Waals surface area contributed by atoms with E-state index < -0.39 is 41.5 Å². The van der Waals surface area contributed by atoms with Crippen LogP contribution in [0.1, 0.15) is 6.42 Å². The lowest BCUT2D eigenvalue weighted by Crippen LogP contribution is -2.51. The van der Waals surface area contributed by atoms with Crippen LogP contribution in [0.2, 0.25) is 6.82 Å². The number of nitrogens with zero attached hydrogens (tertiary/aromatic N) is 3. The SMILES string of the molecule is CB(O)NCCO/N=C1/C[C@@H](C(N)=O)N2C[C@@H]1N(OOS(=O)(=O)O)C2=O. The monoisotopic (exact) mass is 395 g/mol. The Kier molecular flexibility index (Phi) is 6.37. The minimum atomic E-state index is -4.97. The Bertz CT molecular complexity index is 686. The Balaban J connectivity index is 2.11. The summed E-state index contributed by atoms with van der Waals surface area (Å²) in [6, 6.07) is -2.83. The number of hydrogen-bond donors (Lipinski definition) is 4. The Morgan fingerprint density at radius 3 is 2.81 bits per heavy atom. The third kappa shape index (κ3) is 5.02. The number of nitrogens with two attached hydrogens (primary N) is 1. The van der Waals surface area contributed by atoms with Gasteiger partial charge in [0, 0.05) is 13.0 Å². The number of oxime groups is 1. The molecule has 2 atom stereocenters. The predicted molar refractivity (Wildman–Crippen MR) is 84.3 cm³/mol. The van der Waals surface area contributed by atoms with Crippen molar-refractivity contribution in [1.82, 2.24) is 15.2 Å². The molecule has 146 valence electrons. The molecule has 2 bridgehead atoms. The second kappa shape index (κ2) is 8.15. The number of carbonyl (C=O) groups excluding carboxylic acids is 2. The van der Waals surface area contributed by atoms with Crippen LogP contribution < -0.4 is 11.0 Å². The minimum absolute atomic E-state index is 0.0543. The van der Waals surface area contributed by atoms with Gasteiger partial charge in [0.2, 0.25) is 5.91 Å². The van der Waals surface area contributed by atoms with Gasteiger partial charge in [0.05, 0.1) is 12.3 Å². The van der Waals surface area contributed by atoms with Crippen molar-refractivity contribution in [2.75, 3.05) is 19.7 Å². The molecule has 2 aliphatic rings. The summed E-state index contributed by atoms with van der Waals surface area (Å²) >= 11 is 0. The Morgan fingerprint density at radius 2 is 2.23 bits per heavy atom. The summed E-state index contributed by atoms with van der Waals surface area (Å²) in [6.45, 7) is 1.79. The van der Waals surface area contributed by atoms with Gasteiger partial charge in [-0.15, -0.1) is 0 Å². The number of primary amides is 1.